The normalized spacial score (nSPS) is 14.5. The molecule has 0 aliphatic carbocycles. The lowest BCUT2D eigenvalue weighted by Crippen LogP contribution is -2.03. The maximum atomic E-state index is 11.4. The summed E-state index contributed by atoms with van der Waals surface area (Å²) in [6.07, 6.45) is 3.50. The summed E-state index contributed by atoms with van der Waals surface area (Å²) in [5.74, 6) is 1.46. The highest BCUT2D eigenvalue weighted by atomic mass is 16.1. The molecule has 0 amide bonds. The average Bonchev–Trinajstić information content (AvgIpc) is 2.61. The number of aryl methyl sites for hydroxylation is 2. The lowest BCUT2D eigenvalue weighted by Gasteiger charge is -1.91. The molecule has 0 bridgehead atoms. The van der Waals surface area contributed by atoms with Gasteiger partial charge in [0.1, 0.15) is 5.82 Å². The summed E-state index contributed by atoms with van der Waals surface area (Å²) in [4.78, 5) is 15.6. The minimum Gasteiger partial charge on any atom is -0.291 e. The zero-order valence-electron chi connectivity index (χ0n) is 7.79. The molecule has 0 saturated carbocycles. The number of carbonyl (C=O) groups excluding carboxylic acids is 1. The summed E-state index contributed by atoms with van der Waals surface area (Å²) in [6.45, 7) is 2.91. The zero-order valence-corrected chi connectivity index (χ0v) is 7.79. The third-order valence-corrected chi connectivity index (χ3v) is 2.25. The summed E-state index contributed by atoms with van der Waals surface area (Å²) in [6, 6.07) is 0. The van der Waals surface area contributed by atoms with Crippen LogP contribution in [0.15, 0.2) is 0 Å². The molecule has 1 aliphatic heterocycles. The molecule has 4 heteroatoms. The van der Waals surface area contributed by atoms with Gasteiger partial charge in [0.15, 0.2) is 0 Å². The van der Waals surface area contributed by atoms with Crippen molar-refractivity contribution in [3.05, 3.63) is 11.6 Å². The smallest absolute Gasteiger partial charge is 0.217 e. The van der Waals surface area contributed by atoms with E-state index in [4.69, 9.17) is 0 Å². The molecule has 0 saturated heterocycles. The van der Waals surface area contributed by atoms with Crippen LogP contribution in [0.1, 0.15) is 42.6 Å². The van der Waals surface area contributed by atoms with E-state index in [1.165, 1.54) is 0 Å². The summed E-state index contributed by atoms with van der Waals surface area (Å²) < 4.78 is 1.85. The van der Waals surface area contributed by atoms with Crippen molar-refractivity contribution in [3.63, 3.8) is 0 Å². The van der Waals surface area contributed by atoms with Crippen molar-refractivity contribution in [2.75, 3.05) is 0 Å². The molecule has 13 heavy (non-hydrogen) atoms. The van der Waals surface area contributed by atoms with Gasteiger partial charge in [0.25, 0.3) is 0 Å². The van der Waals surface area contributed by atoms with Crippen molar-refractivity contribution in [3.8, 4) is 0 Å². The van der Waals surface area contributed by atoms with Gasteiger partial charge in [-0.05, 0) is 12.8 Å². The van der Waals surface area contributed by atoms with Crippen molar-refractivity contribution < 1.29 is 4.79 Å². The Bertz CT molecular complexity index is 308. The predicted octanol–water partition coefficient (Wildman–Crippen LogP) is 1.21. The van der Waals surface area contributed by atoms with E-state index >= 15 is 0 Å². The van der Waals surface area contributed by atoms with Crippen LogP contribution < -0.4 is 0 Å². The van der Waals surface area contributed by atoms with Gasteiger partial charge in [0.05, 0.1) is 0 Å². The van der Waals surface area contributed by atoms with Crippen LogP contribution in [-0.4, -0.2) is 20.5 Å². The fourth-order valence-corrected chi connectivity index (χ4v) is 1.58. The van der Waals surface area contributed by atoms with Gasteiger partial charge in [-0.3, -0.25) is 4.79 Å². The fourth-order valence-electron chi connectivity index (χ4n) is 1.58. The Balaban J connectivity index is 2.18. The number of rotatable bonds is 3. The van der Waals surface area contributed by atoms with Gasteiger partial charge in [-0.1, -0.05) is 6.92 Å². The first-order chi connectivity index (χ1) is 6.31. The maximum absolute atomic E-state index is 11.4. The Labute approximate surface area is 77.0 Å². The van der Waals surface area contributed by atoms with E-state index in [1.807, 2.05) is 11.6 Å². The van der Waals surface area contributed by atoms with Gasteiger partial charge < -0.3 is 0 Å². The molecule has 0 N–H and O–H groups in total. The molecule has 1 aromatic heterocycles. The van der Waals surface area contributed by atoms with Crippen LogP contribution in [0.5, 0.6) is 0 Å². The van der Waals surface area contributed by atoms with E-state index in [0.717, 1.165) is 31.6 Å². The SMILES string of the molecule is CCCC(=O)c1nc2n(n1)CCC2. The second-order valence-corrected chi connectivity index (χ2v) is 3.35. The van der Waals surface area contributed by atoms with E-state index in [2.05, 4.69) is 10.1 Å². The quantitative estimate of drug-likeness (QED) is 0.655. The topological polar surface area (TPSA) is 47.8 Å². The van der Waals surface area contributed by atoms with Crippen molar-refractivity contribution in [1.82, 2.24) is 14.8 Å². The molecule has 4 nitrogen and oxygen atoms in total. The molecule has 70 valence electrons. The van der Waals surface area contributed by atoms with Gasteiger partial charge in [0, 0.05) is 19.4 Å². The van der Waals surface area contributed by atoms with Gasteiger partial charge >= 0.3 is 0 Å². The average molecular weight is 179 g/mol. The summed E-state index contributed by atoms with van der Waals surface area (Å²) in [5.41, 5.74) is 0. The predicted molar refractivity (Wildman–Crippen MR) is 47.6 cm³/mol. The van der Waals surface area contributed by atoms with Crippen molar-refractivity contribution in [2.24, 2.45) is 0 Å². The first kappa shape index (κ1) is 8.41. The number of nitrogens with zero attached hydrogens (tertiary/aromatic N) is 3. The third-order valence-electron chi connectivity index (χ3n) is 2.25. The lowest BCUT2D eigenvalue weighted by molar-refractivity contribution is 0.0971. The number of Topliss-reactive ketones (excluding diaryl/α,β-unsaturated/α-hetero) is 1. The number of aromatic nitrogens is 3. The van der Waals surface area contributed by atoms with E-state index in [-0.39, 0.29) is 5.78 Å². The molecule has 0 atom stereocenters. The zero-order chi connectivity index (χ0) is 9.26. The fraction of sp³-hybridized carbons (Fsp3) is 0.667. The molecule has 0 fully saturated rings. The number of hydrogen-bond donors (Lipinski definition) is 0. The van der Waals surface area contributed by atoms with E-state index in [9.17, 15) is 4.79 Å². The second kappa shape index (κ2) is 3.28. The van der Waals surface area contributed by atoms with Crippen LogP contribution in [0.2, 0.25) is 0 Å². The van der Waals surface area contributed by atoms with Crippen LogP contribution in [0.3, 0.4) is 0 Å². The summed E-state index contributed by atoms with van der Waals surface area (Å²) >= 11 is 0. The second-order valence-electron chi connectivity index (χ2n) is 3.35. The number of hydrogen-bond acceptors (Lipinski definition) is 3. The molecule has 0 spiro atoms. The number of fused-ring (bicyclic) bond motifs is 1. The highest BCUT2D eigenvalue weighted by Crippen LogP contribution is 2.12. The highest BCUT2D eigenvalue weighted by Gasteiger charge is 2.18. The first-order valence-electron chi connectivity index (χ1n) is 4.78. The van der Waals surface area contributed by atoms with Crippen molar-refractivity contribution >= 4 is 5.78 Å². The molecular weight excluding hydrogens is 166 g/mol. The first-order valence-corrected chi connectivity index (χ1v) is 4.78. The molecule has 1 aromatic rings. The van der Waals surface area contributed by atoms with Gasteiger partial charge in [0.2, 0.25) is 11.6 Å². The Morgan fingerprint density at radius 2 is 2.46 bits per heavy atom. The van der Waals surface area contributed by atoms with E-state index in [0.29, 0.717) is 12.2 Å². The van der Waals surface area contributed by atoms with E-state index in [1.54, 1.807) is 0 Å². The molecule has 0 unspecified atom stereocenters. The highest BCUT2D eigenvalue weighted by molar-refractivity contribution is 5.92. The van der Waals surface area contributed by atoms with Crippen LogP contribution in [0, 0.1) is 0 Å². The van der Waals surface area contributed by atoms with Crippen LogP contribution in [-0.2, 0) is 13.0 Å². The van der Waals surface area contributed by atoms with Gasteiger partial charge in [-0.15, -0.1) is 5.10 Å². The maximum Gasteiger partial charge on any atom is 0.217 e. The largest absolute Gasteiger partial charge is 0.291 e. The van der Waals surface area contributed by atoms with Gasteiger partial charge in [-0.25, -0.2) is 9.67 Å². The van der Waals surface area contributed by atoms with Gasteiger partial charge in [-0.2, -0.15) is 0 Å². The molecule has 2 heterocycles. The molecule has 0 aromatic carbocycles. The Morgan fingerprint density at radius 1 is 1.62 bits per heavy atom. The lowest BCUT2D eigenvalue weighted by atomic mass is 10.2. The molecular formula is C9H13N3O. The standard InChI is InChI=1S/C9H13N3O/c1-2-4-7(13)9-10-8-5-3-6-12(8)11-9/h2-6H2,1H3. The van der Waals surface area contributed by atoms with E-state index < -0.39 is 0 Å². The van der Waals surface area contributed by atoms with Crippen LogP contribution >= 0.6 is 0 Å². The molecule has 0 radical (unpaired) electrons. The molecule has 1 aliphatic rings. The Kier molecular flexibility index (Phi) is 2.12. The summed E-state index contributed by atoms with van der Waals surface area (Å²) in [7, 11) is 0. The monoisotopic (exact) mass is 179 g/mol. The Hall–Kier alpha value is -1.19. The minimum atomic E-state index is 0.0735. The van der Waals surface area contributed by atoms with Crippen molar-refractivity contribution in [2.45, 2.75) is 39.2 Å². The Morgan fingerprint density at radius 3 is 3.15 bits per heavy atom. The number of ketones is 1. The third kappa shape index (κ3) is 1.48. The van der Waals surface area contributed by atoms with Crippen LogP contribution in [0.25, 0.3) is 0 Å². The van der Waals surface area contributed by atoms with Crippen molar-refractivity contribution in [1.29, 1.82) is 0 Å². The number of carbonyl (C=O) groups is 1. The minimum absolute atomic E-state index is 0.0735. The van der Waals surface area contributed by atoms with Crippen LogP contribution in [0.4, 0.5) is 0 Å². The summed E-state index contributed by atoms with van der Waals surface area (Å²) in [5, 5.41) is 4.17. The molecule has 2 rings (SSSR count).